The van der Waals surface area contributed by atoms with Gasteiger partial charge in [0.25, 0.3) is 0 Å². The largest absolute Gasteiger partial charge is 0.222 e. The van der Waals surface area contributed by atoms with Gasteiger partial charge in [-0.2, -0.15) is 0 Å². The van der Waals surface area contributed by atoms with Crippen molar-refractivity contribution in [2.24, 2.45) is 0 Å². The van der Waals surface area contributed by atoms with E-state index in [2.05, 4.69) is 37.3 Å². The highest BCUT2D eigenvalue weighted by Crippen LogP contribution is 2.36. The maximum Gasteiger partial charge on any atom is 0.155 e. The predicted octanol–water partition coefficient (Wildman–Crippen LogP) is 4.33. The van der Waals surface area contributed by atoms with Gasteiger partial charge in [0.2, 0.25) is 0 Å². The Morgan fingerprint density at radius 3 is 1.36 bits per heavy atom. The van der Waals surface area contributed by atoms with E-state index < -0.39 is 10.2 Å². The molecular weight excluding hydrogens is 456 g/mol. The second kappa shape index (κ2) is 19.9. The minimum Gasteiger partial charge on any atom is -0.222 e. The Balaban J connectivity index is 0.000000981. The van der Waals surface area contributed by atoms with Crippen molar-refractivity contribution in [1.29, 1.82) is 0 Å². The summed E-state index contributed by atoms with van der Waals surface area (Å²) in [6.45, 7) is 2.30. The van der Waals surface area contributed by atoms with E-state index in [4.69, 9.17) is 18.6 Å². The van der Waals surface area contributed by atoms with E-state index in [-0.39, 0.29) is 0 Å². The molecule has 1 aromatic carbocycles. The number of unbranched alkanes of at least 4 members (excludes halogenated alkanes) is 15. The molecule has 0 aliphatic heterocycles. The standard InChI is InChI=1S/C27H47S.ClHO4/c1-2-3-4-5-6-7-8-9-10-11-12-13-14-15-16-20-25-28(27-23-24-27)26-21-18-17-19-22-26;2-1(3,4)5/h17-19,21-22,27H,2-16,20,23-25H2,1H3;(H,2,3,4,5)/q+1;/p-1. The zero-order valence-corrected chi connectivity index (χ0v) is 22.4. The minimum absolute atomic E-state index is 0.554. The van der Waals surface area contributed by atoms with Gasteiger partial charge in [0, 0.05) is 23.7 Å². The van der Waals surface area contributed by atoms with Crippen molar-refractivity contribution < 1.29 is 28.9 Å². The lowest BCUT2D eigenvalue weighted by Crippen LogP contribution is -2.68. The van der Waals surface area contributed by atoms with Crippen molar-refractivity contribution in [1.82, 2.24) is 0 Å². The highest BCUT2D eigenvalue weighted by Gasteiger charge is 2.41. The molecule has 33 heavy (non-hydrogen) atoms. The zero-order valence-electron chi connectivity index (χ0n) is 20.8. The SMILES string of the molecule is CCCCCCCCCCCCCCCCCC[S+](c1ccccc1)C1CC1.[O-][Cl+3]([O-])([O-])[O-]. The van der Waals surface area contributed by atoms with E-state index in [1.165, 1.54) is 121 Å². The van der Waals surface area contributed by atoms with Crippen molar-refractivity contribution >= 4 is 10.9 Å². The fraction of sp³-hybridized carbons (Fsp3) is 0.778. The summed E-state index contributed by atoms with van der Waals surface area (Å²) in [6.07, 6.45) is 26.4. The molecule has 0 N–H and O–H groups in total. The van der Waals surface area contributed by atoms with E-state index >= 15 is 0 Å². The van der Waals surface area contributed by atoms with Crippen LogP contribution in [0.4, 0.5) is 0 Å². The Bertz CT molecular complexity index is 543. The molecule has 0 heterocycles. The summed E-state index contributed by atoms with van der Waals surface area (Å²) in [5.74, 6) is 1.45. The highest BCUT2D eigenvalue weighted by molar-refractivity contribution is 7.97. The fourth-order valence-electron chi connectivity index (χ4n) is 4.23. The van der Waals surface area contributed by atoms with Gasteiger partial charge in [-0.15, -0.1) is 10.2 Å². The first-order valence-electron chi connectivity index (χ1n) is 13.3. The van der Waals surface area contributed by atoms with Crippen LogP contribution in [0.1, 0.15) is 122 Å². The first-order chi connectivity index (χ1) is 15.9. The Labute approximate surface area is 208 Å². The zero-order chi connectivity index (χ0) is 24.2. The average Bonchev–Trinajstić information content (AvgIpc) is 3.61. The predicted molar refractivity (Wildman–Crippen MR) is 130 cm³/mol. The lowest BCUT2D eigenvalue weighted by molar-refractivity contribution is -2.00. The molecule has 1 aromatic rings. The van der Waals surface area contributed by atoms with Crippen LogP contribution in [0.5, 0.6) is 0 Å². The monoisotopic (exact) mass is 502 g/mol. The fourth-order valence-corrected chi connectivity index (χ4v) is 6.91. The van der Waals surface area contributed by atoms with Crippen LogP contribution in [-0.4, -0.2) is 11.0 Å². The van der Waals surface area contributed by atoms with Crippen molar-refractivity contribution in [3.8, 4) is 0 Å². The van der Waals surface area contributed by atoms with E-state index in [9.17, 15) is 0 Å². The van der Waals surface area contributed by atoms with Gasteiger partial charge in [0.15, 0.2) is 4.90 Å². The van der Waals surface area contributed by atoms with Gasteiger partial charge in [-0.1, -0.05) is 115 Å². The normalized spacial score (nSPS) is 14.6. The third-order valence-electron chi connectivity index (χ3n) is 6.19. The number of rotatable bonds is 19. The first-order valence-corrected chi connectivity index (χ1v) is 16.0. The van der Waals surface area contributed by atoms with Crippen LogP contribution in [0.2, 0.25) is 0 Å². The smallest absolute Gasteiger partial charge is 0.155 e. The van der Waals surface area contributed by atoms with E-state index in [0.29, 0.717) is 10.9 Å². The van der Waals surface area contributed by atoms with Crippen molar-refractivity contribution in [2.75, 3.05) is 5.75 Å². The molecule has 0 spiro atoms. The molecule has 192 valence electrons. The van der Waals surface area contributed by atoms with E-state index in [1.807, 2.05) is 0 Å². The van der Waals surface area contributed by atoms with Crippen LogP contribution in [-0.2, 0) is 10.9 Å². The van der Waals surface area contributed by atoms with Crippen LogP contribution >= 0.6 is 0 Å². The molecule has 4 nitrogen and oxygen atoms in total. The molecule has 6 heteroatoms. The van der Waals surface area contributed by atoms with Crippen LogP contribution in [0, 0.1) is 10.2 Å². The molecule has 0 saturated heterocycles. The number of benzene rings is 1. The van der Waals surface area contributed by atoms with Crippen molar-refractivity contribution in [3.05, 3.63) is 30.3 Å². The molecule has 2 rings (SSSR count). The quantitative estimate of drug-likeness (QED) is 0.208. The van der Waals surface area contributed by atoms with E-state index in [1.54, 1.807) is 4.90 Å². The van der Waals surface area contributed by atoms with Gasteiger partial charge in [0.1, 0.15) is 11.0 Å². The van der Waals surface area contributed by atoms with Crippen molar-refractivity contribution in [3.63, 3.8) is 0 Å². The lowest BCUT2D eigenvalue weighted by atomic mass is 10.0. The van der Waals surface area contributed by atoms with Gasteiger partial charge in [-0.3, -0.25) is 0 Å². The molecule has 1 aliphatic carbocycles. The topological polar surface area (TPSA) is 92.2 Å². The Hall–Kier alpha value is -0.300. The molecule has 0 bridgehead atoms. The van der Waals surface area contributed by atoms with Gasteiger partial charge in [0.05, 0.1) is 0 Å². The molecule has 0 radical (unpaired) electrons. The Morgan fingerprint density at radius 1 is 0.636 bits per heavy atom. The maximum atomic E-state index is 8.49. The third-order valence-corrected chi connectivity index (χ3v) is 9.07. The molecular formula is C27H47ClO4S. The maximum absolute atomic E-state index is 8.49. The average molecular weight is 503 g/mol. The summed E-state index contributed by atoms with van der Waals surface area (Å²) >= 11 is 0. The number of hydrogen-bond acceptors (Lipinski definition) is 4. The van der Waals surface area contributed by atoms with Gasteiger partial charge in [-0.25, -0.2) is 18.6 Å². The Morgan fingerprint density at radius 2 is 1.00 bits per heavy atom. The lowest BCUT2D eigenvalue weighted by Gasteiger charge is -2.17. The van der Waals surface area contributed by atoms with Gasteiger partial charge >= 0.3 is 0 Å². The molecule has 1 fully saturated rings. The Kier molecular flexibility index (Phi) is 18.6. The van der Waals surface area contributed by atoms with E-state index in [0.717, 1.165) is 5.25 Å². The first kappa shape index (κ1) is 30.7. The summed E-state index contributed by atoms with van der Waals surface area (Å²) in [5, 5.41) is 1.03. The summed E-state index contributed by atoms with van der Waals surface area (Å²) in [6, 6.07) is 11.4. The molecule has 1 aliphatic rings. The summed E-state index contributed by atoms with van der Waals surface area (Å²) in [4.78, 5) is 1.63. The third kappa shape index (κ3) is 20.8. The highest BCUT2D eigenvalue weighted by atomic mass is 35.7. The van der Waals surface area contributed by atoms with Crippen LogP contribution in [0.25, 0.3) is 0 Å². The molecule has 0 aromatic heterocycles. The van der Waals surface area contributed by atoms with Crippen LogP contribution < -0.4 is 18.6 Å². The van der Waals surface area contributed by atoms with Gasteiger partial charge in [-0.05, 0) is 25.0 Å². The minimum atomic E-state index is -4.94. The van der Waals surface area contributed by atoms with Crippen LogP contribution in [0.15, 0.2) is 35.2 Å². The number of halogens is 1. The molecule has 0 amide bonds. The van der Waals surface area contributed by atoms with Crippen LogP contribution in [0.3, 0.4) is 0 Å². The summed E-state index contributed by atoms with van der Waals surface area (Å²) < 4.78 is 34.0. The molecule has 1 atom stereocenters. The summed E-state index contributed by atoms with van der Waals surface area (Å²) in [7, 11) is -4.39. The second-order valence-electron chi connectivity index (χ2n) is 9.33. The van der Waals surface area contributed by atoms with Crippen molar-refractivity contribution in [2.45, 2.75) is 133 Å². The number of hydrogen-bond donors (Lipinski definition) is 0. The summed E-state index contributed by atoms with van der Waals surface area (Å²) in [5.41, 5.74) is 0. The molecule has 1 unspecified atom stereocenters. The second-order valence-corrected chi connectivity index (χ2v) is 12.5. The van der Waals surface area contributed by atoms with Gasteiger partial charge < -0.3 is 0 Å². The molecule has 1 saturated carbocycles.